The Morgan fingerprint density at radius 2 is 2.15 bits per heavy atom. The van der Waals surface area contributed by atoms with Gasteiger partial charge in [-0.3, -0.25) is 4.90 Å². The number of nitrogens with zero attached hydrogens (tertiary/aromatic N) is 1. The summed E-state index contributed by atoms with van der Waals surface area (Å²) < 4.78 is 0. The Kier molecular flexibility index (Phi) is 4.16. The molecule has 1 aliphatic heterocycles. The van der Waals surface area contributed by atoms with E-state index in [2.05, 4.69) is 17.1 Å². The summed E-state index contributed by atoms with van der Waals surface area (Å²) in [6.45, 7) is 6.17. The van der Waals surface area contributed by atoms with Gasteiger partial charge in [-0.2, -0.15) is 0 Å². The van der Waals surface area contributed by atoms with Crippen LogP contribution in [0.2, 0.25) is 0 Å². The zero-order valence-electron chi connectivity index (χ0n) is 8.95. The van der Waals surface area contributed by atoms with E-state index in [9.17, 15) is 5.11 Å². The molecule has 0 aromatic carbocycles. The van der Waals surface area contributed by atoms with Crippen molar-refractivity contribution >= 4 is 0 Å². The average molecular weight is 186 g/mol. The molecule has 1 heterocycles. The summed E-state index contributed by atoms with van der Waals surface area (Å²) in [4.78, 5) is 2.37. The minimum atomic E-state index is -0.226. The summed E-state index contributed by atoms with van der Waals surface area (Å²) in [5.41, 5.74) is 0. The third kappa shape index (κ3) is 2.93. The Morgan fingerprint density at radius 1 is 1.46 bits per heavy atom. The largest absolute Gasteiger partial charge is 0.392 e. The molecule has 1 saturated heterocycles. The van der Waals surface area contributed by atoms with Gasteiger partial charge in [-0.15, -0.1) is 0 Å². The second-order valence-electron chi connectivity index (χ2n) is 4.10. The molecule has 0 amide bonds. The molecule has 3 heteroatoms. The first kappa shape index (κ1) is 11.0. The predicted molar refractivity (Wildman–Crippen MR) is 54.8 cm³/mol. The second kappa shape index (κ2) is 4.94. The van der Waals surface area contributed by atoms with Crippen LogP contribution in [-0.4, -0.2) is 48.3 Å². The molecule has 0 aromatic heterocycles. The number of rotatable bonds is 3. The zero-order valence-corrected chi connectivity index (χ0v) is 8.95. The van der Waals surface area contributed by atoms with E-state index in [1.54, 1.807) is 0 Å². The van der Waals surface area contributed by atoms with Gasteiger partial charge in [0.1, 0.15) is 0 Å². The molecule has 1 rings (SSSR count). The Balaban J connectivity index is 2.41. The minimum absolute atomic E-state index is 0.226. The third-order valence-electron chi connectivity index (χ3n) is 3.14. The maximum absolute atomic E-state index is 9.47. The maximum Gasteiger partial charge on any atom is 0.0664 e. The van der Waals surface area contributed by atoms with E-state index in [1.165, 1.54) is 12.8 Å². The van der Waals surface area contributed by atoms with Crippen LogP contribution in [0.3, 0.4) is 0 Å². The lowest BCUT2D eigenvalue weighted by Crippen LogP contribution is -2.50. The lowest BCUT2D eigenvalue weighted by atomic mass is 10.0. The van der Waals surface area contributed by atoms with Crippen molar-refractivity contribution in [2.45, 2.75) is 44.9 Å². The van der Waals surface area contributed by atoms with Crippen molar-refractivity contribution in [2.75, 3.05) is 20.1 Å². The van der Waals surface area contributed by atoms with Gasteiger partial charge >= 0.3 is 0 Å². The summed E-state index contributed by atoms with van der Waals surface area (Å²) in [5, 5.41) is 12.8. The van der Waals surface area contributed by atoms with Gasteiger partial charge in [0, 0.05) is 18.6 Å². The van der Waals surface area contributed by atoms with Crippen molar-refractivity contribution in [3.63, 3.8) is 0 Å². The normalized spacial score (nSPS) is 30.0. The van der Waals surface area contributed by atoms with E-state index < -0.39 is 0 Å². The van der Waals surface area contributed by atoms with Crippen LogP contribution in [-0.2, 0) is 0 Å². The standard InChI is InChI=1S/C10H22N2O/c1-8(9(2)13)12-6-4-5-10(7-12)11-3/h8-11,13H,4-7H2,1-3H3. The summed E-state index contributed by atoms with van der Waals surface area (Å²) in [6, 6.07) is 0.895. The van der Waals surface area contributed by atoms with E-state index in [0.29, 0.717) is 6.04 Å². The van der Waals surface area contributed by atoms with Gasteiger partial charge in [-0.05, 0) is 40.3 Å². The van der Waals surface area contributed by atoms with Crippen LogP contribution in [0.15, 0.2) is 0 Å². The number of piperidine rings is 1. The number of likely N-dealkylation sites (tertiary alicyclic amines) is 1. The molecular weight excluding hydrogens is 164 g/mol. The van der Waals surface area contributed by atoms with E-state index in [-0.39, 0.29) is 12.1 Å². The van der Waals surface area contributed by atoms with E-state index >= 15 is 0 Å². The summed E-state index contributed by atoms with van der Waals surface area (Å²) in [6.07, 6.45) is 2.28. The Morgan fingerprint density at radius 3 is 2.69 bits per heavy atom. The topological polar surface area (TPSA) is 35.5 Å². The minimum Gasteiger partial charge on any atom is -0.392 e. The molecule has 3 nitrogen and oxygen atoms in total. The first-order valence-corrected chi connectivity index (χ1v) is 5.24. The van der Waals surface area contributed by atoms with Crippen LogP contribution in [0.1, 0.15) is 26.7 Å². The molecule has 0 saturated carbocycles. The maximum atomic E-state index is 9.47. The molecule has 0 spiro atoms. The van der Waals surface area contributed by atoms with Crippen molar-refractivity contribution in [1.82, 2.24) is 10.2 Å². The molecule has 1 aliphatic rings. The molecule has 1 fully saturated rings. The first-order chi connectivity index (χ1) is 6.15. The number of hydrogen-bond acceptors (Lipinski definition) is 3. The summed E-state index contributed by atoms with van der Waals surface area (Å²) >= 11 is 0. The van der Waals surface area contributed by atoms with Gasteiger partial charge in [0.05, 0.1) is 6.10 Å². The fourth-order valence-corrected chi connectivity index (χ4v) is 1.92. The van der Waals surface area contributed by atoms with Gasteiger partial charge in [-0.1, -0.05) is 0 Å². The van der Waals surface area contributed by atoms with Crippen molar-refractivity contribution < 1.29 is 5.11 Å². The molecule has 0 aliphatic carbocycles. The van der Waals surface area contributed by atoms with E-state index in [4.69, 9.17) is 0 Å². The third-order valence-corrected chi connectivity index (χ3v) is 3.14. The number of aliphatic hydroxyl groups excluding tert-OH is 1. The monoisotopic (exact) mass is 186 g/mol. The van der Waals surface area contributed by atoms with Gasteiger partial charge in [0.2, 0.25) is 0 Å². The van der Waals surface area contributed by atoms with E-state index in [0.717, 1.165) is 13.1 Å². The smallest absolute Gasteiger partial charge is 0.0664 e. The van der Waals surface area contributed by atoms with Crippen LogP contribution in [0, 0.1) is 0 Å². The van der Waals surface area contributed by atoms with Gasteiger partial charge < -0.3 is 10.4 Å². The number of aliphatic hydroxyl groups is 1. The van der Waals surface area contributed by atoms with Crippen LogP contribution in [0.4, 0.5) is 0 Å². The van der Waals surface area contributed by atoms with Crippen LogP contribution < -0.4 is 5.32 Å². The van der Waals surface area contributed by atoms with Gasteiger partial charge in [0.15, 0.2) is 0 Å². The lowest BCUT2D eigenvalue weighted by Gasteiger charge is -2.37. The molecule has 3 unspecified atom stereocenters. The van der Waals surface area contributed by atoms with E-state index in [1.807, 2.05) is 14.0 Å². The highest BCUT2D eigenvalue weighted by molar-refractivity contribution is 4.81. The van der Waals surface area contributed by atoms with Gasteiger partial charge in [-0.25, -0.2) is 0 Å². The van der Waals surface area contributed by atoms with Crippen LogP contribution in [0.25, 0.3) is 0 Å². The molecule has 2 N–H and O–H groups in total. The molecule has 0 radical (unpaired) electrons. The fourth-order valence-electron chi connectivity index (χ4n) is 1.92. The second-order valence-corrected chi connectivity index (χ2v) is 4.10. The molecule has 0 aromatic rings. The summed E-state index contributed by atoms with van der Waals surface area (Å²) in [5.74, 6) is 0. The molecule has 0 bridgehead atoms. The molecular formula is C10H22N2O. The fraction of sp³-hybridized carbons (Fsp3) is 1.00. The highest BCUT2D eigenvalue weighted by Gasteiger charge is 2.24. The summed E-state index contributed by atoms with van der Waals surface area (Å²) in [7, 11) is 2.02. The Bertz CT molecular complexity index is 150. The van der Waals surface area contributed by atoms with Gasteiger partial charge in [0.25, 0.3) is 0 Å². The number of nitrogens with one attached hydrogen (secondary N) is 1. The molecule has 3 atom stereocenters. The SMILES string of the molecule is CNC1CCCN(C(C)C(C)O)C1. The zero-order chi connectivity index (χ0) is 9.84. The number of hydrogen-bond donors (Lipinski definition) is 2. The molecule has 78 valence electrons. The lowest BCUT2D eigenvalue weighted by molar-refractivity contribution is 0.0508. The average Bonchev–Trinajstić information content (AvgIpc) is 2.16. The number of likely N-dealkylation sites (N-methyl/N-ethyl adjacent to an activating group) is 1. The van der Waals surface area contributed by atoms with Crippen LogP contribution in [0.5, 0.6) is 0 Å². The predicted octanol–water partition coefficient (Wildman–Crippen LogP) is 0.439. The first-order valence-electron chi connectivity index (χ1n) is 5.24. The van der Waals surface area contributed by atoms with Crippen molar-refractivity contribution in [3.8, 4) is 0 Å². The van der Waals surface area contributed by atoms with Crippen molar-refractivity contribution in [2.24, 2.45) is 0 Å². The van der Waals surface area contributed by atoms with Crippen molar-refractivity contribution in [3.05, 3.63) is 0 Å². The Labute approximate surface area is 81.1 Å². The quantitative estimate of drug-likeness (QED) is 0.671. The van der Waals surface area contributed by atoms with Crippen LogP contribution >= 0.6 is 0 Å². The Hall–Kier alpha value is -0.120. The van der Waals surface area contributed by atoms with Crippen molar-refractivity contribution in [1.29, 1.82) is 0 Å². The molecule has 13 heavy (non-hydrogen) atoms. The highest BCUT2D eigenvalue weighted by Crippen LogP contribution is 2.14. The highest BCUT2D eigenvalue weighted by atomic mass is 16.3.